The summed E-state index contributed by atoms with van der Waals surface area (Å²) in [5, 5.41) is 6.24. The first-order valence-corrected chi connectivity index (χ1v) is 9.16. The van der Waals surface area contributed by atoms with E-state index in [1.165, 1.54) is 0 Å². The third kappa shape index (κ3) is 4.09. The standard InChI is InChI=1S/C19H21Cl2N3O/c1-25-14-3-5-17-16(11-14)19(23-9-7-13(22)6-8-20)15-4-2-12(21)10-18(15)24-17/h2-5,10-11,13H,6-9,22H2,1H3,(H,23,24). The summed E-state index contributed by atoms with van der Waals surface area (Å²) in [7, 11) is 1.66. The molecule has 0 spiro atoms. The highest BCUT2D eigenvalue weighted by molar-refractivity contribution is 6.31. The maximum atomic E-state index is 6.14. The Morgan fingerprint density at radius 3 is 2.72 bits per heavy atom. The van der Waals surface area contributed by atoms with Crippen LogP contribution in [0.15, 0.2) is 36.4 Å². The maximum Gasteiger partial charge on any atom is 0.119 e. The molecule has 3 N–H and O–H groups in total. The number of fused-ring (bicyclic) bond motifs is 2. The quantitative estimate of drug-likeness (QED) is 0.458. The van der Waals surface area contributed by atoms with Gasteiger partial charge in [-0.25, -0.2) is 4.98 Å². The summed E-state index contributed by atoms with van der Waals surface area (Å²) >= 11 is 11.9. The molecule has 0 aliphatic heterocycles. The van der Waals surface area contributed by atoms with E-state index in [9.17, 15) is 0 Å². The van der Waals surface area contributed by atoms with Crippen molar-refractivity contribution < 1.29 is 4.74 Å². The molecule has 1 unspecified atom stereocenters. The van der Waals surface area contributed by atoms with E-state index in [4.69, 9.17) is 38.7 Å². The van der Waals surface area contributed by atoms with E-state index in [1.54, 1.807) is 7.11 Å². The van der Waals surface area contributed by atoms with Gasteiger partial charge < -0.3 is 15.8 Å². The van der Waals surface area contributed by atoms with Gasteiger partial charge >= 0.3 is 0 Å². The van der Waals surface area contributed by atoms with Crippen LogP contribution >= 0.6 is 23.2 Å². The zero-order valence-corrected chi connectivity index (χ0v) is 15.6. The second-order valence-corrected chi connectivity index (χ2v) is 6.80. The molecule has 3 aromatic rings. The first-order chi connectivity index (χ1) is 12.1. The Morgan fingerprint density at radius 2 is 1.96 bits per heavy atom. The van der Waals surface area contributed by atoms with Gasteiger partial charge in [0.2, 0.25) is 0 Å². The van der Waals surface area contributed by atoms with Gasteiger partial charge in [-0.3, -0.25) is 0 Å². The number of methoxy groups -OCH3 is 1. The Balaban J connectivity index is 2.03. The average Bonchev–Trinajstić information content (AvgIpc) is 2.60. The Labute approximate surface area is 157 Å². The molecule has 0 aliphatic rings. The summed E-state index contributed by atoms with van der Waals surface area (Å²) in [5.41, 5.74) is 8.84. The van der Waals surface area contributed by atoms with Crippen molar-refractivity contribution in [1.82, 2.24) is 4.98 Å². The fraction of sp³-hybridized carbons (Fsp3) is 0.316. The Hall–Kier alpha value is -1.75. The molecule has 6 heteroatoms. The molecule has 1 heterocycles. The number of nitrogens with one attached hydrogen (secondary N) is 1. The summed E-state index contributed by atoms with van der Waals surface area (Å²) in [4.78, 5) is 4.73. The Kier molecular flexibility index (Phi) is 5.84. The minimum absolute atomic E-state index is 0.0911. The lowest BCUT2D eigenvalue weighted by atomic mass is 10.1. The van der Waals surface area contributed by atoms with Crippen LogP contribution in [-0.4, -0.2) is 30.6 Å². The highest BCUT2D eigenvalue weighted by Gasteiger charge is 2.11. The maximum absolute atomic E-state index is 6.14. The molecule has 2 aromatic carbocycles. The zero-order valence-electron chi connectivity index (χ0n) is 14.1. The SMILES string of the molecule is COc1ccc2nc3cc(Cl)ccc3c(NCCC(N)CCCl)c2c1. The van der Waals surface area contributed by atoms with E-state index in [1.807, 2.05) is 36.4 Å². The van der Waals surface area contributed by atoms with Gasteiger partial charge in [0.1, 0.15) is 5.75 Å². The molecule has 1 aromatic heterocycles. The predicted octanol–water partition coefficient (Wildman–Crippen LogP) is 4.81. The van der Waals surface area contributed by atoms with Gasteiger partial charge in [0.05, 0.1) is 23.8 Å². The van der Waals surface area contributed by atoms with Crippen molar-refractivity contribution in [3.63, 3.8) is 0 Å². The monoisotopic (exact) mass is 377 g/mol. The highest BCUT2D eigenvalue weighted by atomic mass is 35.5. The van der Waals surface area contributed by atoms with E-state index in [0.717, 1.165) is 52.6 Å². The molecule has 0 aliphatic carbocycles. The summed E-state index contributed by atoms with van der Waals surface area (Å²) < 4.78 is 5.37. The normalized spacial score (nSPS) is 12.5. The number of rotatable bonds is 7. The number of halogens is 2. The van der Waals surface area contributed by atoms with E-state index in [0.29, 0.717) is 10.9 Å². The molecule has 1 atom stereocenters. The van der Waals surface area contributed by atoms with E-state index >= 15 is 0 Å². The number of nitrogens with zero attached hydrogens (tertiary/aromatic N) is 1. The predicted molar refractivity (Wildman–Crippen MR) is 107 cm³/mol. The molecular weight excluding hydrogens is 357 g/mol. The molecule has 3 rings (SSSR count). The number of benzene rings is 2. The first kappa shape index (κ1) is 18.1. The van der Waals surface area contributed by atoms with Crippen LogP contribution in [0.5, 0.6) is 5.75 Å². The summed E-state index contributed by atoms with van der Waals surface area (Å²) in [6, 6.07) is 11.7. The number of ether oxygens (including phenoxy) is 1. The number of pyridine rings is 1. The zero-order chi connectivity index (χ0) is 17.8. The highest BCUT2D eigenvalue weighted by Crippen LogP contribution is 2.34. The molecule has 25 heavy (non-hydrogen) atoms. The number of alkyl halides is 1. The first-order valence-electron chi connectivity index (χ1n) is 8.25. The summed E-state index contributed by atoms with van der Waals surface area (Å²) in [6.45, 7) is 0.756. The molecular formula is C19H21Cl2N3O. The van der Waals surface area contributed by atoms with Crippen LogP contribution < -0.4 is 15.8 Å². The minimum atomic E-state index is 0.0911. The summed E-state index contributed by atoms with van der Waals surface area (Å²) in [5.74, 6) is 1.38. The van der Waals surface area contributed by atoms with E-state index in [2.05, 4.69) is 5.32 Å². The molecule has 4 nitrogen and oxygen atoms in total. The van der Waals surface area contributed by atoms with Crippen molar-refractivity contribution >= 4 is 50.7 Å². The molecule has 0 amide bonds. The lowest BCUT2D eigenvalue weighted by molar-refractivity contribution is 0.415. The Morgan fingerprint density at radius 1 is 1.12 bits per heavy atom. The van der Waals surface area contributed by atoms with Gasteiger partial charge in [-0.15, -0.1) is 11.6 Å². The Bertz CT molecular complexity index is 885. The molecule has 0 saturated heterocycles. The van der Waals surface area contributed by atoms with Crippen LogP contribution in [0.4, 0.5) is 5.69 Å². The van der Waals surface area contributed by atoms with Gasteiger partial charge in [0.15, 0.2) is 0 Å². The van der Waals surface area contributed by atoms with Crippen molar-refractivity contribution in [1.29, 1.82) is 0 Å². The molecule has 0 bridgehead atoms. The van der Waals surface area contributed by atoms with Crippen LogP contribution in [0.3, 0.4) is 0 Å². The smallest absolute Gasteiger partial charge is 0.119 e. The molecule has 0 saturated carbocycles. The number of aromatic nitrogens is 1. The van der Waals surface area contributed by atoms with Crippen LogP contribution in [0.1, 0.15) is 12.8 Å². The van der Waals surface area contributed by atoms with Crippen molar-refractivity contribution in [3.05, 3.63) is 41.4 Å². The number of nitrogens with two attached hydrogens (primary N) is 1. The van der Waals surface area contributed by atoms with Crippen molar-refractivity contribution in [2.45, 2.75) is 18.9 Å². The number of hydrogen-bond donors (Lipinski definition) is 2. The second-order valence-electron chi connectivity index (χ2n) is 5.98. The van der Waals surface area contributed by atoms with Crippen LogP contribution in [0.25, 0.3) is 21.8 Å². The van der Waals surface area contributed by atoms with Crippen LogP contribution in [-0.2, 0) is 0 Å². The summed E-state index contributed by atoms with van der Waals surface area (Å²) in [6.07, 6.45) is 1.65. The number of anilines is 1. The third-order valence-corrected chi connectivity index (χ3v) is 4.69. The lowest BCUT2D eigenvalue weighted by Crippen LogP contribution is -2.23. The van der Waals surface area contributed by atoms with Crippen LogP contribution in [0, 0.1) is 0 Å². The molecule has 132 valence electrons. The van der Waals surface area contributed by atoms with E-state index in [-0.39, 0.29) is 6.04 Å². The van der Waals surface area contributed by atoms with Gasteiger partial charge in [0.25, 0.3) is 0 Å². The van der Waals surface area contributed by atoms with Gasteiger partial charge in [-0.2, -0.15) is 0 Å². The van der Waals surface area contributed by atoms with Gasteiger partial charge in [0, 0.05) is 34.3 Å². The van der Waals surface area contributed by atoms with Gasteiger partial charge in [-0.1, -0.05) is 11.6 Å². The third-order valence-electron chi connectivity index (χ3n) is 4.24. The fourth-order valence-electron chi connectivity index (χ4n) is 2.88. The molecule has 0 radical (unpaired) electrons. The largest absolute Gasteiger partial charge is 0.497 e. The fourth-order valence-corrected chi connectivity index (χ4v) is 3.33. The average molecular weight is 378 g/mol. The van der Waals surface area contributed by atoms with Crippen molar-refractivity contribution in [2.75, 3.05) is 24.9 Å². The number of hydrogen-bond acceptors (Lipinski definition) is 4. The molecule has 0 fully saturated rings. The van der Waals surface area contributed by atoms with Crippen molar-refractivity contribution in [3.8, 4) is 5.75 Å². The minimum Gasteiger partial charge on any atom is -0.497 e. The topological polar surface area (TPSA) is 60.2 Å². The van der Waals surface area contributed by atoms with Crippen LogP contribution in [0.2, 0.25) is 5.02 Å². The van der Waals surface area contributed by atoms with Gasteiger partial charge in [-0.05, 0) is 49.2 Å². The lowest BCUT2D eigenvalue weighted by Gasteiger charge is -2.16. The van der Waals surface area contributed by atoms with E-state index < -0.39 is 0 Å². The second kappa shape index (κ2) is 8.09. The van der Waals surface area contributed by atoms with Crippen molar-refractivity contribution in [2.24, 2.45) is 5.73 Å².